The molecule has 1 aliphatic carbocycles. The molecule has 2 aromatic carbocycles. The van der Waals surface area contributed by atoms with Crippen molar-refractivity contribution in [2.24, 2.45) is 0 Å². The molecule has 0 bridgehead atoms. The van der Waals surface area contributed by atoms with Crippen LogP contribution >= 0.6 is 23.1 Å². The number of aryl methyl sites for hydroxylation is 2. The summed E-state index contributed by atoms with van der Waals surface area (Å²) < 4.78 is 16.3. The molecule has 10 nitrogen and oxygen atoms in total. The van der Waals surface area contributed by atoms with Gasteiger partial charge in [-0.25, -0.2) is 15.0 Å². The molecule has 3 heterocycles. The summed E-state index contributed by atoms with van der Waals surface area (Å²) in [4.78, 5) is 44.3. The highest BCUT2D eigenvalue weighted by atomic mass is 32.2. The van der Waals surface area contributed by atoms with E-state index in [9.17, 15) is 9.59 Å². The average molecular weight is 646 g/mol. The first-order chi connectivity index (χ1) is 21.8. The van der Waals surface area contributed by atoms with Crippen LogP contribution < -0.4 is 19.5 Å². The first kappa shape index (κ1) is 30.8. The van der Waals surface area contributed by atoms with E-state index in [2.05, 4.69) is 15.3 Å². The van der Waals surface area contributed by atoms with Crippen molar-refractivity contribution in [1.82, 2.24) is 19.9 Å². The summed E-state index contributed by atoms with van der Waals surface area (Å²) in [5.41, 5.74) is 2.99. The lowest BCUT2D eigenvalue weighted by molar-refractivity contribution is -0.146. The molecule has 2 aliphatic rings. The summed E-state index contributed by atoms with van der Waals surface area (Å²) in [6, 6.07) is 15.0. The highest BCUT2D eigenvalue weighted by molar-refractivity contribution is 7.99. The Morgan fingerprint density at radius 1 is 0.978 bits per heavy atom. The summed E-state index contributed by atoms with van der Waals surface area (Å²) in [5, 5.41) is 6.38. The van der Waals surface area contributed by atoms with Crippen LogP contribution in [-0.2, 0) is 16.1 Å². The maximum absolute atomic E-state index is 14.3. The molecule has 0 unspecified atom stereocenters. The van der Waals surface area contributed by atoms with Crippen LogP contribution in [0.4, 0.5) is 5.69 Å². The number of methoxy groups -OCH3 is 1. The average Bonchev–Trinajstić information content (AvgIpc) is 3.72. The number of hydrogen-bond acceptors (Lipinski definition) is 10. The molecule has 0 saturated heterocycles. The maximum Gasteiger partial charge on any atom is 0.250 e. The smallest absolute Gasteiger partial charge is 0.250 e. The fourth-order valence-electron chi connectivity index (χ4n) is 5.83. The van der Waals surface area contributed by atoms with Gasteiger partial charge in [0, 0.05) is 34.1 Å². The number of thiazole rings is 1. The Hall–Kier alpha value is -4.16. The Morgan fingerprint density at radius 2 is 1.71 bits per heavy atom. The van der Waals surface area contributed by atoms with Crippen molar-refractivity contribution in [2.75, 3.05) is 25.0 Å². The molecule has 12 heteroatoms. The third-order valence-corrected chi connectivity index (χ3v) is 9.73. The minimum absolute atomic E-state index is 0.0959. The molecular formula is C33H35N5O5S2. The van der Waals surface area contributed by atoms with Gasteiger partial charge >= 0.3 is 0 Å². The summed E-state index contributed by atoms with van der Waals surface area (Å²) in [7, 11) is 1.63. The molecule has 0 atom stereocenters. The molecule has 2 aromatic heterocycles. The second kappa shape index (κ2) is 13.5. The number of carbonyl (C=O) groups excluding carboxylic acids is 2. The fraction of sp³-hybridized carbons (Fsp3) is 0.364. The molecule has 2 amide bonds. The zero-order valence-corrected chi connectivity index (χ0v) is 27.1. The van der Waals surface area contributed by atoms with Gasteiger partial charge in [0.2, 0.25) is 18.6 Å². The van der Waals surface area contributed by atoms with Crippen LogP contribution in [0.1, 0.15) is 48.5 Å². The van der Waals surface area contributed by atoms with Crippen LogP contribution in [-0.4, -0.2) is 56.9 Å². The quantitative estimate of drug-likeness (QED) is 0.154. The van der Waals surface area contributed by atoms with E-state index in [0.717, 1.165) is 52.7 Å². The number of benzene rings is 2. The minimum atomic E-state index is -1.05. The second-order valence-corrected chi connectivity index (χ2v) is 13.1. The summed E-state index contributed by atoms with van der Waals surface area (Å²) in [5.74, 6) is 1.71. The number of ether oxygens (including phenoxy) is 3. The van der Waals surface area contributed by atoms with E-state index in [-0.39, 0.29) is 30.9 Å². The van der Waals surface area contributed by atoms with Crippen molar-refractivity contribution in [2.45, 2.75) is 63.2 Å². The monoisotopic (exact) mass is 645 g/mol. The molecule has 1 aliphatic heterocycles. The van der Waals surface area contributed by atoms with Gasteiger partial charge in [0.15, 0.2) is 16.7 Å². The van der Waals surface area contributed by atoms with Crippen LogP contribution in [0.5, 0.6) is 17.2 Å². The summed E-state index contributed by atoms with van der Waals surface area (Å²) >= 11 is 2.77. The van der Waals surface area contributed by atoms with Gasteiger partial charge in [0.05, 0.1) is 25.1 Å². The van der Waals surface area contributed by atoms with Crippen LogP contribution in [0.25, 0.3) is 11.3 Å². The van der Waals surface area contributed by atoms with Gasteiger partial charge in [-0.15, -0.1) is 11.3 Å². The zero-order chi connectivity index (χ0) is 31.4. The number of nitrogens with zero attached hydrogens (tertiary/aromatic N) is 4. The van der Waals surface area contributed by atoms with Gasteiger partial charge in [0.1, 0.15) is 16.3 Å². The predicted molar refractivity (Wildman–Crippen MR) is 174 cm³/mol. The van der Waals surface area contributed by atoms with Crippen molar-refractivity contribution in [3.63, 3.8) is 0 Å². The molecule has 4 aromatic rings. The molecule has 234 valence electrons. The summed E-state index contributed by atoms with van der Waals surface area (Å²) in [6.45, 7) is 4.18. The van der Waals surface area contributed by atoms with Gasteiger partial charge in [-0.05, 0) is 69.2 Å². The van der Waals surface area contributed by atoms with Crippen LogP contribution in [0.15, 0.2) is 59.1 Å². The maximum atomic E-state index is 14.3. The first-order valence-electron chi connectivity index (χ1n) is 14.9. The number of rotatable bonds is 10. The van der Waals surface area contributed by atoms with Crippen molar-refractivity contribution >= 4 is 40.6 Å². The SMILES string of the molecule is COc1ccc(-c2csc(CN(C(=O)CSc3nc(C)cc(C)n3)C3(C(=O)Nc4ccc5c(c4)OCO5)CCCCC3)n2)cc1. The Morgan fingerprint density at radius 3 is 2.44 bits per heavy atom. The van der Waals surface area contributed by atoms with Crippen molar-refractivity contribution < 1.29 is 23.8 Å². The second-order valence-electron chi connectivity index (χ2n) is 11.2. The number of nitrogens with one attached hydrogen (secondary N) is 1. The first-order valence-corrected chi connectivity index (χ1v) is 16.7. The lowest BCUT2D eigenvalue weighted by Gasteiger charge is -2.44. The lowest BCUT2D eigenvalue weighted by Crippen LogP contribution is -2.60. The van der Waals surface area contributed by atoms with Crippen molar-refractivity contribution in [3.05, 3.63) is 70.3 Å². The van der Waals surface area contributed by atoms with E-state index in [0.29, 0.717) is 35.2 Å². The Labute approximate surface area is 270 Å². The van der Waals surface area contributed by atoms with Gasteiger partial charge in [-0.3, -0.25) is 9.59 Å². The number of anilines is 1. The molecule has 1 saturated carbocycles. The zero-order valence-electron chi connectivity index (χ0n) is 25.5. The van der Waals surface area contributed by atoms with E-state index in [1.165, 1.54) is 23.1 Å². The molecule has 0 spiro atoms. The number of carbonyl (C=O) groups is 2. The third kappa shape index (κ3) is 6.91. The third-order valence-electron chi connectivity index (χ3n) is 8.07. The van der Waals surface area contributed by atoms with Crippen molar-refractivity contribution in [1.29, 1.82) is 0 Å². The number of amides is 2. The molecule has 0 radical (unpaired) electrons. The molecule has 6 rings (SSSR count). The number of thioether (sulfide) groups is 1. The van der Waals surface area contributed by atoms with E-state index in [4.69, 9.17) is 19.2 Å². The van der Waals surface area contributed by atoms with Gasteiger partial charge in [-0.2, -0.15) is 0 Å². The van der Waals surface area contributed by atoms with E-state index in [1.807, 2.05) is 49.6 Å². The van der Waals surface area contributed by atoms with E-state index < -0.39 is 5.54 Å². The molecule has 45 heavy (non-hydrogen) atoms. The van der Waals surface area contributed by atoms with Gasteiger partial charge < -0.3 is 24.4 Å². The highest BCUT2D eigenvalue weighted by Crippen LogP contribution is 2.39. The number of hydrogen-bond donors (Lipinski definition) is 1. The molecule has 1 fully saturated rings. The Bertz CT molecular complexity index is 1670. The van der Waals surface area contributed by atoms with Crippen molar-refractivity contribution in [3.8, 4) is 28.5 Å². The van der Waals surface area contributed by atoms with Crippen LogP contribution in [0, 0.1) is 13.8 Å². The Balaban J connectivity index is 1.30. The number of fused-ring (bicyclic) bond motifs is 1. The standard InChI is InChI=1S/C33H35N5O5S2/c1-21-15-22(2)35-32(34-21)45-19-30(39)38(17-29-37-26(18-44-29)23-7-10-25(41-3)11-8-23)33(13-5-4-6-14-33)31(40)36-24-9-12-27-28(16-24)43-20-42-27/h7-12,15-16,18H,4-6,13-14,17,19-20H2,1-3H3,(H,36,40). The van der Waals surface area contributed by atoms with Gasteiger partial charge in [0.25, 0.3) is 0 Å². The van der Waals surface area contributed by atoms with Crippen LogP contribution in [0.2, 0.25) is 0 Å². The molecule has 1 N–H and O–H groups in total. The lowest BCUT2D eigenvalue weighted by atomic mass is 9.79. The minimum Gasteiger partial charge on any atom is -0.497 e. The Kier molecular flexibility index (Phi) is 9.22. The molecular weight excluding hydrogens is 611 g/mol. The largest absolute Gasteiger partial charge is 0.497 e. The predicted octanol–water partition coefficient (Wildman–Crippen LogP) is 6.42. The topological polar surface area (TPSA) is 116 Å². The highest BCUT2D eigenvalue weighted by Gasteiger charge is 2.47. The number of aromatic nitrogens is 3. The van der Waals surface area contributed by atoms with E-state index in [1.54, 1.807) is 30.2 Å². The normalized spacial score (nSPS) is 15.0. The fourth-order valence-corrected chi connectivity index (χ4v) is 7.45. The van der Waals surface area contributed by atoms with Crippen LogP contribution in [0.3, 0.4) is 0 Å². The van der Waals surface area contributed by atoms with Gasteiger partial charge in [-0.1, -0.05) is 31.0 Å². The summed E-state index contributed by atoms with van der Waals surface area (Å²) in [6.07, 6.45) is 3.78. The van der Waals surface area contributed by atoms with E-state index >= 15 is 0 Å².